The number of piperidine rings is 1. The van der Waals surface area contributed by atoms with Crippen molar-refractivity contribution in [2.24, 2.45) is 0 Å². The van der Waals surface area contributed by atoms with E-state index in [0.717, 1.165) is 24.3 Å². The average molecular weight is 206 g/mol. The maximum atomic E-state index is 9.57. The van der Waals surface area contributed by atoms with Crippen LogP contribution in [0.5, 0.6) is 5.75 Å². The molecule has 15 heavy (non-hydrogen) atoms. The lowest BCUT2D eigenvalue weighted by Crippen LogP contribution is -2.38. The molecule has 1 atom stereocenters. The number of benzene rings is 1. The van der Waals surface area contributed by atoms with Gasteiger partial charge in [-0.2, -0.15) is 0 Å². The Bertz CT molecular complexity index is 332. The minimum absolute atomic E-state index is 0.365. The summed E-state index contributed by atoms with van der Waals surface area (Å²) < 4.78 is 0. The van der Waals surface area contributed by atoms with Crippen LogP contribution < -0.4 is 10.6 Å². The van der Waals surface area contributed by atoms with Gasteiger partial charge in [0.05, 0.1) is 0 Å². The molecular formula is C12H18N2O. The highest BCUT2D eigenvalue weighted by Gasteiger charge is 2.12. The SMILES string of the molecule is Cc1ccc(NC2CCCNC2)cc1O. The molecule has 1 saturated heterocycles. The Labute approximate surface area is 90.5 Å². The van der Waals surface area contributed by atoms with Crippen LogP contribution in [0.3, 0.4) is 0 Å². The van der Waals surface area contributed by atoms with Crippen LogP contribution in [0.4, 0.5) is 5.69 Å². The molecule has 1 unspecified atom stereocenters. The molecule has 82 valence electrons. The van der Waals surface area contributed by atoms with E-state index >= 15 is 0 Å². The summed E-state index contributed by atoms with van der Waals surface area (Å²) in [6.07, 6.45) is 2.41. The molecule has 1 heterocycles. The van der Waals surface area contributed by atoms with Gasteiger partial charge in [0.25, 0.3) is 0 Å². The van der Waals surface area contributed by atoms with Crippen molar-refractivity contribution in [1.82, 2.24) is 5.32 Å². The second-order valence-corrected chi connectivity index (χ2v) is 4.19. The summed E-state index contributed by atoms with van der Waals surface area (Å²) in [5.41, 5.74) is 1.93. The van der Waals surface area contributed by atoms with Crippen molar-refractivity contribution in [3.05, 3.63) is 23.8 Å². The largest absolute Gasteiger partial charge is 0.508 e. The van der Waals surface area contributed by atoms with E-state index in [-0.39, 0.29) is 0 Å². The molecule has 1 aliphatic rings. The zero-order valence-corrected chi connectivity index (χ0v) is 9.09. The Morgan fingerprint density at radius 2 is 2.33 bits per heavy atom. The molecular weight excluding hydrogens is 188 g/mol. The third-order valence-corrected chi connectivity index (χ3v) is 2.88. The van der Waals surface area contributed by atoms with Crippen molar-refractivity contribution < 1.29 is 5.11 Å². The highest BCUT2D eigenvalue weighted by Crippen LogP contribution is 2.22. The van der Waals surface area contributed by atoms with Crippen LogP contribution in [0.2, 0.25) is 0 Å². The number of hydrogen-bond donors (Lipinski definition) is 3. The van der Waals surface area contributed by atoms with Gasteiger partial charge in [-0.05, 0) is 37.9 Å². The molecule has 1 fully saturated rings. The van der Waals surface area contributed by atoms with Gasteiger partial charge in [-0.1, -0.05) is 6.07 Å². The minimum Gasteiger partial charge on any atom is -0.508 e. The van der Waals surface area contributed by atoms with Gasteiger partial charge in [-0.25, -0.2) is 0 Å². The summed E-state index contributed by atoms with van der Waals surface area (Å²) in [5.74, 6) is 0.365. The predicted molar refractivity (Wildman–Crippen MR) is 62.4 cm³/mol. The summed E-state index contributed by atoms with van der Waals surface area (Å²) in [6.45, 7) is 4.03. The summed E-state index contributed by atoms with van der Waals surface area (Å²) in [5, 5.41) is 16.4. The lowest BCUT2D eigenvalue weighted by molar-refractivity contribution is 0.469. The van der Waals surface area contributed by atoms with Crippen LogP contribution in [-0.4, -0.2) is 24.2 Å². The third-order valence-electron chi connectivity index (χ3n) is 2.88. The molecule has 3 N–H and O–H groups in total. The molecule has 0 radical (unpaired) electrons. The standard InChI is InChI=1S/C12H18N2O/c1-9-4-5-10(7-12(9)15)14-11-3-2-6-13-8-11/h4-5,7,11,13-15H,2-3,6,8H2,1H3. The molecule has 0 aliphatic carbocycles. The Balaban J connectivity index is 2.00. The van der Waals surface area contributed by atoms with Crippen LogP contribution in [0, 0.1) is 6.92 Å². The Hall–Kier alpha value is -1.22. The lowest BCUT2D eigenvalue weighted by atomic mass is 10.1. The number of phenolic OH excluding ortho intramolecular Hbond substituents is 1. The molecule has 2 rings (SSSR count). The fourth-order valence-electron chi connectivity index (χ4n) is 1.91. The van der Waals surface area contributed by atoms with E-state index in [0.29, 0.717) is 11.8 Å². The van der Waals surface area contributed by atoms with E-state index in [1.54, 1.807) is 6.07 Å². The fraction of sp³-hybridized carbons (Fsp3) is 0.500. The van der Waals surface area contributed by atoms with Crippen molar-refractivity contribution in [3.8, 4) is 5.75 Å². The summed E-state index contributed by atoms with van der Waals surface area (Å²) >= 11 is 0. The van der Waals surface area contributed by atoms with Gasteiger partial charge in [0.15, 0.2) is 0 Å². The second-order valence-electron chi connectivity index (χ2n) is 4.19. The molecule has 0 saturated carbocycles. The molecule has 0 amide bonds. The van der Waals surface area contributed by atoms with Crippen LogP contribution in [0.15, 0.2) is 18.2 Å². The average Bonchev–Trinajstić information content (AvgIpc) is 2.25. The van der Waals surface area contributed by atoms with Gasteiger partial charge >= 0.3 is 0 Å². The van der Waals surface area contributed by atoms with Crippen molar-refractivity contribution in [3.63, 3.8) is 0 Å². The minimum atomic E-state index is 0.365. The third kappa shape index (κ3) is 2.63. The number of anilines is 1. The first-order chi connectivity index (χ1) is 7.25. The zero-order valence-electron chi connectivity index (χ0n) is 9.09. The van der Waals surface area contributed by atoms with Crippen LogP contribution in [0.25, 0.3) is 0 Å². The molecule has 0 aromatic heterocycles. The normalized spacial score (nSPS) is 21.3. The monoisotopic (exact) mass is 206 g/mol. The first kappa shape index (κ1) is 10.3. The van der Waals surface area contributed by atoms with Gasteiger partial charge < -0.3 is 15.7 Å². The molecule has 1 aromatic rings. The first-order valence-corrected chi connectivity index (χ1v) is 5.52. The zero-order chi connectivity index (χ0) is 10.7. The number of aromatic hydroxyl groups is 1. The number of rotatable bonds is 2. The van der Waals surface area contributed by atoms with Gasteiger partial charge in [0.1, 0.15) is 5.75 Å². The van der Waals surface area contributed by atoms with E-state index in [4.69, 9.17) is 0 Å². The summed E-state index contributed by atoms with van der Waals surface area (Å²) in [7, 11) is 0. The predicted octanol–water partition coefficient (Wildman–Crippen LogP) is 1.86. The Kier molecular flexibility index (Phi) is 3.11. The van der Waals surface area contributed by atoms with Crippen molar-refractivity contribution >= 4 is 5.69 Å². The number of hydrogen-bond acceptors (Lipinski definition) is 3. The van der Waals surface area contributed by atoms with Crippen molar-refractivity contribution in [2.45, 2.75) is 25.8 Å². The van der Waals surface area contributed by atoms with E-state index in [1.165, 1.54) is 12.8 Å². The highest BCUT2D eigenvalue weighted by atomic mass is 16.3. The number of aryl methyl sites for hydroxylation is 1. The maximum Gasteiger partial charge on any atom is 0.120 e. The fourth-order valence-corrected chi connectivity index (χ4v) is 1.91. The number of phenols is 1. The Morgan fingerprint density at radius 1 is 1.47 bits per heavy atom. The summed E-state index contributed by atoms with van der Waals surface area (Å²) in [4.78, 5) is 0. The summed E-state index contributed by atoms with van der Waals surface area (Å²) in [6, 6.07) is 6.24. The van der Waals surface area contributed by atoms with Crippen molar-refractivity contribution in [2.75, 3.05) is 18.4 Å². The lowest BCUT2D eigenvalue weighted by Gasteiger charge is -2.24. The molecule has 0 spiro atoms. The van der Waals surface area contributed by atoms with Crippen LogP contribution >= 0.6 is 0 Å². The molecule has 1 aromatic carbocycles. The van der Waals surface area contributed by atoms with Gasteiger partial charge in [0, 0.05) is 24.3 Å². The smallest absolute Gasteiger partial charge is 0.120 e. The highest BCUT2D eigenvalue weighted by molar-refractivity contribution is 5.51. The van der Waals surface area contributed by atoms with Crippen LogP contribution in [0.1, 0.15) is 18.4 Å². The van der Waals surface area contributed by atoms with E-state index in [1.807, 2.05) is 19.1 Å². The maximum absolute atomic E-state index is 9.57. The van der Waals surface area contributed by atoms with Gasteiger partial charge in [0.2, 0.25) is 0 Å². The quantitative estimate of drug-likeness (QED) is 0.692. The van der Waals surface area contributed by atoms with E-state index < -0.39 is 0 Å². The van der Waals surface area contributed by atoms with E-state index in [2.05, 4.69) is 10.6 Å². The van der Waals surface area contributed by atoms with Crippen LogP contribution in [-0.2, 0) is 0 Å². The molecule has 1 aliphatic heterocycles. The number of nitrogens with one attached hydrogen (secondary N) is 2. The van der Waals surface area contributed by atoms with Gasteiger partial charge in [-0.15, -0.1) is 0 Å². The second kappa shape index (κ2) is 4.53. The molecule has 3 heteroatoms. The van der Waals surface area contributed by atoms with E-state index in [9.17, 15) is 5.11 Å². The molecule has 3 nitrogen and oxygen atoms in total. The first-order valence-electron chi connectivity index (χ1n) is 5.52. The topological polar surface area (TPSA) is 44.3 Å². The van der Waals surface area contributed by atoms with Crippen molar-refractivity contribution in [1.29, 1.82) is 0 Å². The Morgan fingerprint density at radius 3 is 3.00 bits per heavy atom. The van der Waals surface area contributed by atoms with Gasteiger partial charge in [-0.3, -0.25) is 0 Å². The molecule has 0 bridgehead atoms.